The number of carbonyl (C=O) groups excluding carboxylic acids is 1. The third-order valence-electron chi connectivity index (χ3n) is 3.67. The summed E-state index contributed by atoms with van der Waals surface area (Å²) in [6.45, 7) is 1.75. The molecule has 19 heavy (non-hydrogen) atoms. The van der Waals surface area contributed by atoms with Crippen LogP contribution >= 0.6 is 24.0 Å². The molecule has 0 radical (unpaired) electrons. The zero-order valence-electron chi connectivity index (χ0n) is 11.3. The van der Waals surface area contributed by atoms with Crippen LogP contribution in [0.15, 0.2) is 24.3 Å². The van der Waals surface area contributed by atoms with Crippen LogP contribution in [0.4, 0.5) is 0 Å². The molecule has 0 saturated carbocycles. The van der Waals surface area contributed by atoms with Crippen LogP contribution in [0.1, 0.15) is 18.4 Å². The molecule has 1 N–H and O–H groups in total. The molecular formula is C14H20Cl2N2O. The van der Waals surface area contributed by atoms with Crippen molar-refractivity contribution >= 4 is 29.9 Å². The number of hydrogen-bond acceptors (Lipinski definition) is 2. The molecule has 0 aromatic heterocycles. The molecule has 3 nitrogen and oxygen atoms in total. The predicted octanol–water partition coefficient (Wildman–Crippen LogP) is 2.47. The minimum atomic E-state index is -0.390. The van der Waals surface area contributed by atoms with Crippen molar-refractivity contribution in [2.45, 2.75) is 18.3 Å². The van der Waals surface area contributed by atoms with E-state index in [1.807, 2.05) is 38.4 Å². The molecule has 1 aromatic carbocycles. The topological polar surface area (TPSA) is 32.3 Å². The summed E-state index contributed by atoms with van der Waals surface area (Å²) in [5.41, 5.74) is 0.686. The van der Waals surface area contributed by atoms with E-state index in [1.54, 1.807) is 4.90 Å². The van der Waals surface area contributed by atoms with E-state index < -0.39 is 0 Å². The molecule has 1 heterocycles. The summed E-state index contributed by atoms with van der Waals surface area (Å²) in [6, 6.07) is 7.69. The summed E-state index contributed by atoms with van der Waals surface area (Å²) in [5.74, 6) is 0.186. The summed E-state index contributed by atoms with van der Waals surface area (Å²) in [5, 5.41) is 4.03. The summed E-state index contributed by atoms with van der Waals surface area (Å²) >= 11 is 5.93. The van der Waals surface area contributed by atoms with Crippen molar-refractivity contribution in [3.8, 4) is 0 Å². The summed E-state index contributed by atoms with van der Waals surface area (Å²) in [6.07, 6.45) is 1.68. The van der Waals surface area contributed by atoms with Gasteiger partial charge in [0.25, 0.3) is 0 Å². The van der Waals surface area contributed by atoms with Crippen molar-refractivity contribution in [1.82, 2.24) is 10.2 Å². The van der Waals surface area contributed by atoms with Gasteiger partial charge in [0.05, 0.1) is 5.41 Å². The van der Waals surface area contributed by atoms with Crippen molar-refractivity contribution in [2.24, 2.45) is 0 Å². The Hall–Kier alpha value is -0.770. The van der Waals surface area contributed by atoms with Crippen molar-refractivity contribution < 1.29 is 4.79 Å². The highest BCUT2D eigenvalue weighted by molar-refractivity contribution is 6.30. The fourth-order valence-corrected chi connectivity index (χ4v) is 2.80. The van der Waals surface area contributed by atoms with Gasteiger partial charge in [0.1, 0.15) is 0 Å². The average molecular weight is 303 g/mol. The first-order valence-corrected chi connectivity index (χ1v) is 6.62. The SMILES string of the molecule is CN(C)C(=O)C1(c2ccc(Cl)cc2)CCNCC1.Cl. The second kappa shape index (κ2) is 6.60. The standard InChI is InChI=1S/C14H19ClN2O.ClH/c1-17(2)13(18)14(7-9-16-10-8-14)11-3-5-12(15)6-4-11;/h3-6,16H,7-10H2,1-2H3;1H. The lowest BCUT2D eigenvalue weighted by atomic mass is 9.72. The molecule has 5 heteroatoms. The highest BCUT2D eigenvalue weighted by Gasteiger charge is 2.41. The molecule has 0 spiro atoms. The zero-order chi connectivity index (χ0) is 13.2. The molecule has 106 valence electrons. The molecule has 1 saturated heterocycles. The molecule has 0 atom stereocenters. The largest absolute Gasteiger partial charge is 0.348 e. The first-order valence-electron chi connectivity index (χ1n) is 6.25. The third kappa shape index (κ3) is 3.22. The Bertz CT molecular complexity index is 426. The number of benzene rings is 1. The quantitative estimate of drug-likeness (QED) is 0.910. The van der Waals surface area contributed by atoms with E-state index in [2.05, 4.69) is 5.32 Å². The fraction of sp³-hybridized carbons (Fsp3) is 0.500. The minimum Gasteiger partial charge on any atom is -0.348 e. The maximum atomic E-state index is 12.6. The fourth-order valence-electron chi connectivity index (χ4n) is 2.68. The van der Waals surface area contributed by atoms with Crippen LogP contribution in [-0.2, 0) is 10.2 Å². The lowest BCUT2D eigenvalue weighted by Gasteiger charge is -2.38. The van der Waals surface area contributed by atoms with Crippen molar-refractivity contribution in [3.63, 3.8) is 0 Å². The van der Waals surface area contributed by atoms with Gasteiger partial charge >= 0.3 is 0 Å². The molecule has 1 aliphatic rings. The van der Waals surface area contributed by atoms with Gasteiger partial charge in [-0.3, -0.25) is 4.79 Å². The molecule has 2 rings (SSSR count). The van der Waals surface area contributed by atoms with E-state index in [-0.39, 0.29) is 23.7 Å². The Morgan fingerprint density at radius 1 is 1.21 bits per heavy atom. The van der Waals surface area contributed by atoms with Crippen molar-refractivity contribution in [3.05, 3.63) is 34.9 Å². The lowest BCUT2D eigenvalue weighted by Crippen LogP contribution is -2.50. The van der Waals surface area contributed by atoms with Crippen LogP contribution in [-0.4, -0.2) is 38.0 Å². The summed E-state index contributed by atoms with van der Waals surface area (Å²) in [4.78, 5) is 14.3. The number of carbonyl (C=O) groups is 1. The molecule has 1 aliphatic heterocycles. The molecule has 0 aliphatic carbocycles. The van der Waals surface area contributed by atoms with Gasteiger partial charge in [0.2, 0.25) is 5.91 Å². The van der Waals surface area contributed by atoms with Crippen LogP contribution in [0.25, 0.3) is 0 Å². The molecule has 1 fully saturated rings. The smallest absolute Gasteiger partial charge is 0.232 e. The second-order valence-corrected chi connectivity index (χ2v) is 5.48. The van der Waals surface area contributed by atoms with E-state index in [1.165, 1.54) is 0 Å². The molecule has 0 bridgehead atoms. The average Bonchev–Trinajstić information content (AvgIpc) is 2.39. The summed E-state index contributed by atoms with van der Waals surface area (Å²) in [7, 11) is 3.64. The van der Waals surface area contributed by atoms with E-state index >= 15 is 0 Å². The monoisotopic (exact) mass is 302 g/mol. The van der Waals surface area contributed by atoms with Gasteiger partial charge in [-0.25, -0.2) is 0 Å². The highest BCUT2D eigenvalue weighted by atomic mass is 35.5. The van der Waals surface area contributed by atoms with E-state index in [0.29, 0.717) is 5.02 Å². The molecule has 0 unspecified atom stereocenters. The maximum Gasteiger partial charge on any atom is 0.232 e. The predicted molar refractivity (Wildman–Crippen MR) is 81.2 cm³/mol. The Morgan fingerprint density at radius 3 is 2.21 bits per heavy atom. The highest BCUT2D eigenvalue weighted by Crippen LogP contribution is 2.35. The number of halogens is 2. The maximum absolute atomic E-state index is 12.6. The number of likely N-dealkylation sites (N-methyl/N-ethyl adjacent to an activating group) is 1. The van der Waals surface area contributed by atoms with Gasteiger partial charge in [-0.15, -0.1) is 12.4 Å². The minimum absolute atomic E-state index is 0. The third-order valence-corrected chi connectivity index (χ3v) is 3.92. The van der Waals surface area contributed by atoms with Gasteiger partial charge in [-0.1, -0.05) is 23.7 Å². The van der Waals surface area contributed by atoms with Gasteiger partial charge in [0, 0.05) is 19.1 Å². The van der Waals surface area contributed by atoms with Gasteiger partial charge in [-0.05, 0) is 43.6 Å². The van der Waals surface area contributed by atoms with E-state index in [4.69, 9.17) is 11.6 Å². The number of piperidine rings is 1. The Labute approximate surface area is 125 Å². The van der Waals surface area contributed by atoms with Crippen LogP contribution in [0, 0.1) is 0 Å². The van der Waals surface area contributed by atoms with Gasteiger partial charge < -0.3 is 10.2 Å². The van der Waals surface area contributed by atoms with Crippen LogP contribution in [0.5, 0.6) is 0 Å². The van der Waals surface area contributed by atoms with Crippen LogP contribution < -0.4 is 5.32 Å². The van der Waals surface area contributed by atoms with Crippen molar-refractivity contribution in [1.29, 1.82) is 0 Å². The first kappa shape index (κ1) is 16.3. The Kier molecular flexibility index (Phi) is 5.65. The number of nitrogens with one attached hydrogen (secondary N) is 1. The number of hydrogen-bond donors (Lipinski definition) is 1. The number of rotatable bonds is 2. The molecular weight excluding hydrogens is 283 g/mol. The summed E-state index contributed by atoms with van der Waals surface area (Å²) < 4.78 is 0. The van der Waals surface area contributed by atoms with Gasteiger partial charge in [0.15, 0.2) is 0 Å². The molecule has 1 amide bonds. The number of nitrogens with zero attached hydrogens (tertiary/aromatic N) is 1. The van der Waals surface area contributed by atoms with E-state index in [0.717, 1.165) is 31.5 Å². The van der Waals surface area contributed by atoms with Gasteiger partial charge in [-0.2, -0.15) is 0 Å². The van der Waals surface area contributed by atoms with E-state index in [9.17, 15) is 4.79 Å². The molecule has 1 aromatic rings. The van der Waals surface area contributed by atoms with Crippen LogP contribution in [0.3, 0.4) is 0 Å². The Morgan fingerprint density at radius 2 is 1.74 bits per heavy atom. The second-order valence-electron chi connectivity index (χ2n) is 5.04. The van der Waals surface area contributed by atoms with Crippen molar-refractivity contribution in [2.75, 3.05) is 27.2 Å². The van der Waals surface area contributed by atoms with Crippen LogP contribution in [0.2, 0.25) is 5.02 Å². The normalized spacial score (nSPS) is 17.4. The first-order chi connectivity index (χ1) is 8.56. The Balaban J connectivity index is 0.00000180. The number of amides is 1. The lowest BCUT2D eigenvalue weighted by molar-refractivity contribution is -0.136. The zero-order valence-corrected chi connectivity index (χ0v) is 12.9.